The van der Waals surface area contributed by atoms with Crippen LogP contribution in [0.15, 0.2) is 29.7 Å². The summed E-state index contributed by atoms with van der Waals surface area (Å²) >= 11 is 0. The molecule has 0 aromatic carbocycles. The van der Waals surface area contributed by atoms with Gasteiger partial charge in [-0.1, -0.05) is 24.4 Å². The highest BCUT2D eigenvalue weighted by atomic mass is 16.6. The molecule has 1 aliphatic carbocycles. The average molecular weight is 292 g/mol. The lowest BCUT2D eigenvalue weighted by Crippen LogP contribution is -2.38. The topological polar surface area (TPSA) is 92.8 Å². The molecular weight excluding hydrogens is 268 g/mol. The first-order valence-corrected chi connectivity index (χ1v) is 7.53. The summed E-state index contributed by atoms with van der Waals surface area (Å²) in [5, 5.41) is 17.0. The van der Waals surface area contributed by atoms with Crippen LogP contribution in [0.2, 0.25) is 0 Å². The Morgan fingerprint density at radius 1 is 1.48 bits per heavy atom. The highest BCUT2D eigenvalue weighted by Crippen LogP contribution is 2.17. The van der Waals surface area contributed by atoms with Gasteiger partial charge >= 0.3 is 0 Å². The highest BCUT2D eigenvalue weighted by molar-refractivity contribution is 5.96. The molecule has 6 heteroatoms. The molecule has 0 aliphatic heterocycles. The fourth-order valence-electron chi connectivity index (χ4n) is 2.43. The van der Waals surface area contributed by atoms with E-state index in [9.17, 15) is 5.11 Å². The lowest BCUT2D eigenvalue weighted by atomic mass is 9.95. The van der Waals surface area contributed by atoms with E-state index < -0.39 is 6.10 Å². The molecular formula is C15H24N4O2. The standard InChI is InChI=1S/C15H24N4O2/c16-15(12-5-4-8-17-9-12)19-21-11-14(20)10-18-13-6-2-1-3-7-13/h4-5,8-9,13-14,18,20H,1-3,6-7,10-11H2,(H2,16,19). The zero-order chi connectivity index (χ0) is 14.9. The van der Waals surface area contributed by atoms with Crippen LogP contribution in [0.3, 0.4) is 0 Å². The van der Waals surface area contributed by atoms with Crippen molar-refractivity contribution in [2.75, 3.05) is 13.2 Å². The minimum atomic E-state index is -0.586. The number of amidine groups is 1. The largest absolute Gasteiger partial charge is 0.391 e. The van der Waals surface area contributed by atoms with Gasteiger partial charge < -0.3 is 21.0 Å². The Morgan fingerprint density at radius 2 is 2.29 bits per heavy atom. The molecule has 2 rings (SSSR count). The molecule has 1 aromatic heterocycles. The number of pyridine rings is 1. The van der Waals surface area contributed by atoms with Gasteiger partial charge in [0.1, 0.15) is 12.7 Å². The van der Waals surface area contributed by atoms with Gasteiger partial charge in [0.2, 0.25) is 0 Å². The van der Waals surface area contributed by atoms with Crippen LogP contribution in [0, 0.1) is 0 Å². The van der Waals surface area contributed by atoms with Gasteiger partial charge in [0.15, 0.2) is 5.84 Å². The van der Waals surface area contributed by atoms with E-state index in [1.807, 2.05) is 0 Å². The summed E-state index contributed by atoms with van der Waals surface area (Å²) in [6.07, 6.45) is 8.96. The third kappa shape index (κ3) is 5.69. The van der Waals surface area contributed by atoms with Crippen molar-refractivity contribution in [2.45, 2.75) is 44.2 Å². The Bertz CT molecular complexity index is 433. The summed E-state index contributed by atoms with van der Waals surface area (Å²) in [6, 6.07) is 4.11. The zero-order valence-electron chi connectivity index (χ0n) is 12.2. The van der Waals surface area contributed by atoms with Crippen LogP contribution in [-0.4, -0.2) is 41.2 Å². The number of aliphatic hydroxyl groups excluding tert-OH is 1. The average Bonchev–Trinajstić information content (AvgIpc) is 2.54. The van der Waals surface area contributed by atoms with Gasteiger partial charge in [-0.3, -0.25) is 4.98 Å². The fraction of sp³-hybridized carbons (Fsp3) is 0.600. The van der Waals surface area contributed by atoms with Crippen molar-refractivity contribution in [1.29, 1.82) is 0 Å². The number of oxime groups is 1. The molecule has 1 saturated carbocycles. The van der Waals surface area contributed by atoms with Crippen molar-refractivity contribution in [2.24, 2.45) is 10.9 Å². The number of aliphatic hydroxyl groups is 1. The molecule has 4 N–H and O–H groups in total. The Balaban J connectivity index is 1.65. The van der Waals surface area contributed by atoms with Crippen LogP contribution in [0.1, 0.15) is 37.7 Å². The molecule has 1 aliphatic rings. The first-order chi connectivity index (χ1) is 10.3. The van der Waals surface area contributed by atoms with E-state index in [1.165, 1.54) is 32.1 Å². The molecule has 0 bridgehead atoms. The number of aromatic nitrogens is 1. The number of nitrogens with zero attached hydrogens (tertiary/aromatic N) is 2. The molecule has 0 radical (unpaired) electrons. The van der Waals surface area contributed by atoms with E-state index in [2.05, 4.69) is 15.5 Å². The summed E-state index contributed by atoms with van der Waals surface area (Å²) in [5.41, 5.74) is 6.46. The Morgan fingerprint density at radius 3 is 3.00 bits per heavy atom. The van der Waals surface area contributed by atoms with Crippen molar-refractivity contribution in [3.05, 3.63) is 30.1 Å². The second kappa shape index (κ2) is 8.59. The first-order valence-electron chi connectivity index (χ1n) is 7.53. The Hall–Kier alpha value is -1.66. The van der Waals surface area contributed by atoms with Gasteiger partial charge in [-0.15, -0.1) is 0 Å². The second-order valence-electron chi connectivity index (χ2n) is 5.41. The monoisotopic (exact) mass is 292 g/mol. The van der Waals surface area contributed by atoms with E-state index >= 15 is 0 Å². The maximum absolute atomic E-state index is 9.85. The summed E-state index contributed by atoms with van der Waals surface area (Å²) in [4.78, 5) is 9.05. The van der Waals surface area contributed by atoms with Crippen LogP contribution in [0.25, 0.3) is 0 Å². The summed E-state index contributed by atoms with van der Waals surface area (Å²) < 4.78 is 0. The summed E-state index contributed by atoms with van der Waals surface area (Å²) in [6.45, 7) is 0.646. The molecule has 1 atom stereocenters. The van der Waals surface area contributed by atoms with Gasteiger partial charge in [-0.05, 0) is 25.0 Å². The van der Waals surface area contributed by atoms with Crippen LogP contribution in [-0.2, 0) is 4.84 Å². The molecule has 6 nitrogen and oxygen atoms in total. The maximum atomic E-state index is 9.85. The molecule has 1 unspecified atom stereocenters. The van der Waals surface area contributed by atoms with Crippen molar-refractivity contribution < 1.29 is 9.94 Å². The quantitative estimate of drug-likeness (QED) is 0.396. The zero-order valence-corrected chi connectivity index (χ0v) is 12.2. The van der Waals surface area contributed by atoms with E-state index in [-0.39, 0.29) is 12.4 Å². The van der Waals surface area contributed by atoms with E-state index in [0.717, 1.165) is 0 Å². The number of nitrogens with two attached hydrogens (primary N) is 1. The first kappa shape index (κ1) is 15.7. The molecule has 1 heterocycles. The molecule has 1 aromatic rings. The number of hydrogen-bond donors (Lipinski definition) is 3. The molecule has 0 spiro atoms. The van der Waals surface area contributed by atoms with Crippen molar-refractivity contribution in [3.8, 4) is 0 Å². The SMILES string of the molecule is NC(=NOCC(O)CNC1CCCCC1)c1cccnc1. The smallest absolute Gasteiger partial charge is 0.171 e. The maximum Gasteiger partial charge on any atom is 0.171 e. The lowest BCUT2D eigenvalue weighted by molar-refractivity contribution is 0.0381. The van der Waals surface area contributed by atoms with Crippen LogP contribution in [0.4, 0.5) is 0 Å². The predicted octanol–water partition coefficient (Wildman–Crippen LogP) is 1.00. The van der Waals surface area contributed by atoms with E-state index in [4.69, 9.17) is 10.6 Å². The van der Waals surface area contributed by atoms with Gasteiger partial charge in [0.05, 0.1) is 0 Å². The van der Waals surface area contributed by atoms with E-state index in [1.54, 1.807) is 24.5 Å². The van der Waals surface area contributed by atoms with E-state index in [0.29, 0.717) is 18.2 Å². The third-order valence-electron chi connectivity index (χ3n) is 3.63. The molecule has 21 heavy (non-hydrogen) atoms. The predicted molar refractivity (Wildman–Crippen MR) is 81.8 cm³/mol. The minimum Gasteiger partial charge on any atom is -0.391 e. The molecule has 1 fully saturated rings. The van der Waals surface area contributed by atoms with Crippen LogP contribution >= 0.6 is 0 Å². The van der Waals surface area contributed by atoms with Gasteiger partial charge in [0, 0.05) is 30.5 Å². The molecule has 0 saturated heterocycles. The Labute approximate surface area is 125 Å². The second-order valence-corrected chi connectivity index (χ2v) is 5.41. The van der Waals surface area contributed by atoms with Gasteiger partial charge in [0.25, 0.3) is 0 Å². The van der Waals surface area contributed by atoms with Crippen LogP contribution < -0.4 is 11.1 Å². The van der Waals surface area contributed by atoms with Gasteiger partial charge in [-0.2, -0.15) is 0 Å². The number of hydrogen-bond acceptors (Lipinski definition) is 5. The fourth-order valence-corrected chi connectivity index (χ4v) is 2.43. The van der Waals surface area contributed by atoms with Crippen molar-refractivity contribution in [1.82, 2.24) is 10.3 Å². The summed E-state index contributed by atoms with van der Waals surface area (Å²) in [5.74, 6) is 0.260. The van der Waals surface area contributed by atoms with Crippen LogP contribution in [0.5, 0.6) is 0 Å². The Kier molecular flexibility index (Phi) is 6.43. The number of nitrogens with one attached hydrogen (secondary N) is 1. The van der Waals surface area contributed by atoms with Crippen molar-refractivity contribution >= 4 is 5.84 Å². The van der Waals surface area contributed by atoms with Gasteiger partial charge in [-0.25, -0.2) is 0 Å². The molecule has 116 valence electrons. The molecule has 0 amide bonds. The normalized spacial score (nSPS) is 18.4. The highest BCUT2D eigenvalue weighted by Gasteiger charge is 2.14. The minimum absolute atomic E-state index is 0.126. The number of rotatable bonds is 7. The lowest BCUT2D eigenvalue weighted by Gasteiger charge is -2.23. The third-order valence-corrected chi connectivity index (χ3v) is 3.63. The summed E-state index contributed by atoms with van der Waals surface area (Å²) in [7, 11) is 0. The van der Waals surface area contributed by atoms with Crippen molar-refractivity contribution in [3.63, 3.8) is 0 Å².